The fourth-order valence-electron chi connectivity index (χ4n) is 2.93. The standard InChI is InChI=1S/C17H21ClF3N5O/c1-4-25-8-7-12(23-25)9(2)22-16(27)10(3)26-14(11-5-6-11)13(18)15(24-26)17(19,20)21/h7-11H,4-6H2,1-3H3,(H,22,27). The molecule has 148 valence electrons. The van der Waals surface area contributed by atoms with Crippen molar-refractivity contribution < 1.29 is 18.0 Å². The molecule has 2 unspecified atom stereocenters. The summed E-state index contributed by atoms with van der Waals surface area (Å²) in [5.41, 5.74) is -0.177. The summed E-state index contributed by atoms with van der Waals surface area (Å²) in [6.07, 6.45) is -1.39. The summed E-state index contributed by atoms with van der Waals surface area (Å²) >= 11 is 5.97. The molecule has 2 atom stereocenters. The van der Waals surface area contributed by atoms with E-state index in [1.807, 2.05) is 6.92 Å². The summed E-state index contributed by atoms with van der Waals surface area (Å²) in [5.74, 6) is -0.530. The van der Waals surface area contributed by atoms with Crippen molar-refractivity contribution in [3.63, 3.8) is 0 Å². The summed E-state index contributed by atoms with van der Waals surface area (Å²) in [6, 6.07) is 0.483. The number of carbonyl (C=O) groups excluding carboxylic acids is 1. The molecule has 1 aliphatic carbocycles. The van der Waals surface area contributed by atoms with Crippen LogP contribution in [0, 0.1) is 0 Å². The summed E-state index contributed by atoms with van der Waals surface area (Å²) in [4.78, 5) is 12.6. The van der Waals surface area contributed by atoms with Gasteiger partial charge in [0.2, 0.25) is 5.91 Å². The third-order valence-corrected chi connectivity index (χ3v) is 5.03. The Hall–Kier alpha value is -2.03. The van der Waals surface area contributed by atoms with Gasteiger partial charge in [-0.25, -0.2) is 0 Å². The maximum atomic E-state index is 13.2. The summed E-state index contributed by atoms with van der Waals surface area (Å²) in [5, 5.41) is 10.4. The Balaban J connectivity index is 1.82. The van der Waals surface area contributed by atoms with Gasteiger partial charge in [0, 0.05) is 18.7 Å². The molecule has 2 aromatic rings. The first kappa shape index (κ1) is 19.7. The van der Waals surface area contributed by atoms with Gasteiger partial charge in [0.15, 0.2) is 5.69 Å². The third-order valence-electron chi connectivity index (χ3n) is 4.65. The van der Waals surface area contributed by atoms with Gasteiger partial charge < -0.3 is 5.32 Å². The Morgan fingerprint density at radius 2 is 2.04 bits per heavy atom. The van der Waals surface area contributed by atoms with E-state index in [4.69, 9.17) is 11.6 Å². The van der Waals surface area contributed by atoms with Gasteiger partial charge in [-0.15, -0.1) is 0 Å². The molecule has 2 aromatic heterocycles. The monoisotopic (exact) mass is 403 g/mol. The first-order chi connectivity index (χ1) is 12.6. The lowest BCUT2D eigenvalue weighted by Gasteiger charge is -2.18. The summed E-state index contributed by atoms with van der Waals surface area (Å²) in [7, 11) is 0. The normalized spacial score (nSPS) is 17.0. The fraction of sp³-hybridized carbons (Fsp3) is 0.588. The maximum absolute atomic E-state index is 13.2. The Bertz CT molecular complexity index is 840. The van der Waals surface area contributed by atoms with Crippen molar-refractivity contribution >= 4 is 17.5 Å². The number of nitrogens with zero attached hydrogens (tertiary/aromatic N) is 4. The van der Waals surface area contributed by atoms with Gasteiger partial charge in [0.25, 0.3) is 0 Å². The van der Waals surface area contributed by atoms with Crippen molar-refractivity contribution in [3.05, 3.63) is 34.4 Å². The van der Waals surface area contributed by atoms with Crippen LogP contribution < -0.4 is 5.32 Å². The number of rotatable bonds is 6. The molecule has 0 radical (unpaired) electrons. The van der Waals surface area contributed by atoms with Gasteiger partial charge in [0.1, 0.15) is 6.04 Å². The Morgan fingerprint density at radius 3 is 2.56 bits per heavy atom. The number of hydrogen-bond acceptors (Lipinski definition) is 3. The van der Waals surface area contributed by atoms with Crippen LogP contribution in [0.4, 0.5) is 13.2 Å². The van der Waals surface area contributed by atoms with Gasteiger partial charge in [-0.3, -0.25) is 14.2 Å². The SMILES string of the molecule is CCn1ccc(C(C)NC(=O)C(C)n2nc(C(F)(F)F)c(Cl)c2C2CC2)n1. The zero-order valence-electron chi connectivity index (χ0n) is 15.2. The molecule has 0 bridgehead atoms. The highest BCUT2D eigenvalue weighted by molar-refractivity contribution is 6.32. The van der Waals surface area contributed by atoms with Gasteiger partial charge in [0.05, 0.1) is 22.5 Å². The topological polar surface area (TPSA) is 64.7 Å². The van der Waals surface area contributed by atoms with Gasteiger partial charge in [-0.1, -0.05) is 11.6 Å². The number of hydrogen-bond donors (Lipinski definition) is 1. The van der Waals surface area contributed by atoms with Crippen LogP contribution in [-0.2, 0) is 17.5 Å². The molecule has 10 heteroatoms. The first-order valence-electron chi connectivity index (χ1n) is 8.82. The number of halogens is 4. The highest BCUT2D eigenvalue weighted by atomic mass is 35.5. The van der Waals surface area contributed by atoms with E-state index in [0.717, 1.165) is 17.5 Å². The van der Waals surface area contributed by atoms with E-state index in [1.54, 1.807) is 23.9 Å². The molecule has 1 amide bonds. The van der Waals surface area contributed by atoms with Gasteiger partial charge in [-0.05, 0) is 39.7 Å². The Kier molecular flexibility index (Phi) is 5.24. The number of amides is 1. The van der Waals surface area contributed by atoms with Crippen molar-refractivity contribution in [2.45, 2.75) is 64.3 Å². The van der Waals surface area contributed by atoms with Crippen LogP contribution in [0.5, 0.6) is 0 Å². The number of aromatic nitrogens is 4. The molecule has 1 fully saturated rings. The molecule has 6 nitrogen and oxygen atoms in total. The number of nitrogens with one attached hydrogen (secondary N) is 1. The van der Waals surface area contributed by atoms with E-state index in [2.05, 4.69) is 15.5 Å². The van der Waals surface area contributed by atoms with Crippen molar-refractivity contribution in [3.8, 4) is 0 Å². The lowest BCUT2D eigenvalue weighted by molar-refractivity contribution is -0.141. The molecule has 0 aliphatic heterocycles. The highest BCUT2D eigenvalue weighted by Gasteiger charge is 2.43. The molecule has 1 aliphatic rings. The third kappa shape index (κ3) is 3.97. The highest BCUT2D eigenvalue weighted by Crippen LogP contribution is 2.47. The molecule has 1 saturated carbocycles. The largest absolute Gasteiger partial charge is 0.436 e. The van der Waals surface area contributed by atoms with E-state index in [0.29, 0.717) is 12.2 Å². The Labute approximate surface area is 159 Å². The number of aryl methyl sites for hydroxylation is 1. The number of carbonyl (C=O) groups is 1. The predicted molar refractivity (Wildman–Crippen MR) is 93.4 cm³/mol. The molecule has 1 N–H and O–H groups in total. The van der Waals surface area contributed by atoms with Crippen LogP contribution in [-0.4, -0.2) is 25.5 Å². The van der Waals surface area contributed by atoms with Gasteiger partial charge >= 0.3 is 6.18 Å². The molecular weight excluding hydrogens is 383 g/mol. The first-order valence-corrected chi connectivity index (χ1v) is 9.20. The second-order valence-electron chi connectivity index (χ2n) is 6.77. The molecule has 0 spiro atoms. The van der Waals surface area contributed by atoms with Crippen molar-refractivity contribution in [1.29, 1.82) is 0 Å². The molecule has 0 saturated heterocycles. The van der Waals surface area contributed by atoms with E-state index < -0.39 is 28.8 Å². The van der Waals surface area contributed by atoms with Crippen molar-refractivity contribution in [1.82, 2.24) is 24.9 Å². The van der Waals surface area contributed by atoms with E-state index in [-0.39, 0.29) is 17.7 Å². The second kappa shape index (κ2) is 7.18. The van der Waals surface area contributed by atoms with Crippen LogP contribution in [0.25, 0.3) is 0 Å². The minimum atomic E-state index is -4.66. The minimum absolute atomic E-state index is 0.0889. The van der Waals surface area contributed by atoms with Gasteiger partial charge in [-0.2, -0.15) is 23.4 Å². The second-order valence-corrected chi connectivity index (χ2v) is 7.14. The van der Waals surface area contributed by atoms with E-state index >= 15 is 0 Å². The zero-order chi connectivity index (χ0) is 19.9. The van der Waals surface area contributed by atoms with Crippen LogP contribution in [0.15, 0.2) is 12.3 Å². The maximum Gasteiger partial charge on any atom is 0.436 e. The van der Waals surface area contributed by atoms with Crippen LogP contribution in [0.2, 0.25) is 5.02 Å². The molecular formula is C17H21ClF3N5O. The van der Waals surface area contributed by atoms with Crippen LogP contribution >= 0.6 is 11.6 Å². The average Bonchev–Trinajstić information content (AvgIpc) is 3.19. The quantitative estimate of drug-likeness (QED) is 0.790. The minimum Gasteiger partial charge on any atom is -0.346 e. The molecule has 0 aromatic carbocycles. The summed E-state index contributed by atoms with van der Waals surface area (Å²) < 4.78 is 42.4. The van der Waals surface area contributed by atoms with Crippen LogP contribution in [0.3, 0.4) is 0 Å². The van der Waals surface area contributed by atoms with Crippen molar-refractivity contribution in [2.75, 3.05) is 0 Å². The molecule has 2 heterocycles. The predicted octanol–water partition coefficient (Wildman–Crippen LogP) is 4.09. The zero-order valence-corrected chi connectivity index (χ0v) is 16.0. The van der Waals surface area contributed by atoms with E-state index in [9.17, 15) is 18.0 Å². The average molecular weight is 404 g/mol. The molecule has 27 heavy (non-hydrogen) atoms. The van der Waals surface area contributed by atoms with Crippen LogP contribution in [0.1, 0.15) is 68.7 Å². The lowest BCUT2D eigenvalue weighted by atomic mass is 10.2. The fourth-order valence-corrected chi connectivity index (χ4v) is 3.32. The Morgan fingerprint density at radius 1 is 1.37 bits per heavy atom. The number of alkyl halides is 3. The smallest absolute Gasteiger partial charge is 0.346 e. The summed E-state index contributed by atoms with van der Waals surface area (Å²) in [6.45, 7) is 5.93. The van der Waals surface area contributed by atoms with Crippen molar-refractivity contribution in [2.24, 2.45) is 0 Å². The lowest BCUT2D eigenvalue weighted by Crippen LogP contribution is -2.34. The molecule has 3 rings (SSSR count). The van der Waals surface area contributed by atoms with E-state index in [1.165, 1.54) is 6.92 Å².